The van der Waals surface area contributed by atoms with E-state index < -0.39 is 0 Å². The lowest BCUT2D eigenvalue weighted by atomic mass is 9.95. The van der Waals surface area contributed by atoms with E-state index in [0.29, 0.717) is 19.8 Å². The molecule has 4 nitrogen and oxygen atoms in total. The van der Waals surface area contributed by atoms with Gasteiger partial charge in [0.2, 0.25) is 0 Å². The Hall–Kier alpha value is -1.10. The second kappa shape index (κ2) is 5.69. The van der Waals surface area contributed by atoms with Crippen molar-refractivity contribution in [3.8, 4) is 5.75 Å². The number of benzene rings is 1. The first kappa shape index (κ1) is 13.3. The maximum atomic E-state index is 6.31. The minimum Gasteiger partial charge on any atom is -0.496 e. The van der Waals surface area contributed by atoms with Crippen LogP contribution >= 0.6 is 0 Å². The average Bonchev–Trinajstić information content (AvgIpc) is 2.38. The lowest BCUT2D eigenvalue weighted by Gasteiger charge is -2.30. The maximum absolute atomic E-state index is 6.31. The molecule has 1 aliphatic heterocycles. The standard InChI is InChI=1S/C14H21NO3/c1-9-6-10(2)13(11(7-9)16-3)14(15)12-8-17-4-5-18-12/h6-7,12,14H,4-5,8,15H2,1-3H3. The van der Waals surface area contributed by atoms with Gasteiger partial charge in [-0.05, 0) is 31.0 Å². The highest BCUT2D eigenvalue weighted by Gasteiger charge is 2.27. The zero-order chi connectivity index (χ0) is 13.1. The predicted molar refractivity (Wildman–Crippen MR) is 70.0 cm³/mol. The molecule has 1 fully saturated rings. The van der Waals surface area contributed by atoms with E-state index in [9.17, 15) is 0 Å². The molecular weight excluding hydrogens is 230 g/mol. The van der Waals surface area contributed by atoms with E-state index in [-0.39, 0.29) is 12.1 Å². The molecule has 0 aliphatic carbocycles. The summed E-state index contributed by atoms with van der Waals surface area (Å²) in [5, 5.41) is 0. The molecule has 0 amide bonds. The summed E-state index contributed by atoms with van der Waals surface area (Å²) >= 11 is 0. The topological polar surface area (TPSA) is 53.7 Å². The van der Waals surface area contributed by atoms with Crippen LogP contribution in [0.3, 0.4) is 0 Å². The lowest BCUT2D eigenvalue weighted by Crippen LogP contribution is -2.38. The third-order valence-electron chi connectivity index (χ3n) is 3.29. The Labute approximate surface area is 108 Å². The molecule has 1 aliphatic rings. The lowest BCUT2D eigenvalue weighted by molar-refractivity contribution is -0.0978. The summed E-state index contributed by atoms with van der Waals surface area (Å²) in [4.78, 5) is 0. The normalized spacial score (nSPS) is 21.7. The largest absolute Gasteiger partial charge is 0.496 e. The van der Waals surface area contributed by atoms with Gasteiger partial charge in [-0.3, -0.25) is 0 Å². The number of rotatable bonds is 3. The van der Waals surface area contributed by atoms with Crippen molar-refractivity contribution < 1.29 is 14.2 Å². The van der Waals surface area contributed by atoms with E-state index in [1.807, 2.05) is 19.9 Å². The van der Waals surface area contributed by atoms with Gasteiger partial charge in [0.25, 0.3) is 0 Å². The minimum absolute atomic E-state index is 0.103. The Kier molecular flexibility index (Phi) is 4.22. The Morgan fingerprint density at radius 2 is 2.11 bits per heavy atom. The van der Waals surface area contributed by atoms with E-state index in [0.717, 1.165) is 16.9 Å². The van der Waals surface area contributed by atoms with Gasteiger partial charge in [0.15, 0.2) is 0 Å². The van der Waals surface area contributed by atoms with Crippen LogP contribution in [0.4, 0.5) is 0 Å². The SMILES string of the molecule is COc1cc(C)cc(C)c1C(N)C1COCCO1. The van der Waals surface area contributed by atoms with Crippen LogP contribution < -0.4 is 10.5 Å². The fourth-order valence-electron chi connectivity index (χ4n) is 2.44. The summed E-state index contributed by atoms with van der Waals surface area (Å²) in [6.45, 7) is 5.88. The summed E-state index contributed by atoms with van der Waals surface area (Å²) in [5.74, 6) is 0.828. The Morgan fingerprint density at radius 1 is 1.33 bits per heavy atom. The zero-order valence-corrected chi connectivity index (χ0v) is 11.2. The highest BCUT2D eigenvalue weighted by molar-refractivity contribution is 5.45. The molecule has 0 saturated carbocycles. The van der Waals surface area contributed by atoms with Gasteiger partial charge in [-0.2, -0.15) is 0 Å². The van der Waals surface area contributed by atoms with Gasteiger partial charge in [-0.25, -0.2) is 0 Å². The third kappa shape index (κ3) is 2.66. The first-order chi connectivity index (χ1) is 8.63. The van der Waals surface area contributed by atoms with E-state index in [1.165, 1.54) is 5.56 Å². The maximum Gasteiger partial charge on any atom is 0.124 e. The summed E-state index contributed by atoms with van der Waals surface area (Å²) in [6.07, 6.45) is -0.103. The van der Waals surface area contributed by atoms with Crippen LogP contribution in [0.1, 0.15) is 22.7 Å². The molecule has 18 heavy (non-hydrogen) atoms. The molecule has 1 aromatic carbocycles. The Morgan fingerprint density at radius 3 is 2.72 bits per heavy atom. The Bertz CT molecular complexity index is 414. The minimum atomic E-state index is -0.221. The molecule has 0 radical (unpaired) electrons. The molecule has 0 aromatic heterocycles. The molecule has 4 heteroatoms. The molecule has 2 unspecified atom stereocenters. The van der Waals surface area contributed by atoms with Crippen molar-refractivity contribution in [1.29, 1.82) is 0 Å². The van der Waals surface area contributed by atoms with Gasteiger partial charge in [-0.1, -0.05) is 6.07 Å². The van der Waals surface area contributed by atoms with Crippen LogP contribution in [0.5, 0.6) is 5.75 Å². The van der Waals surface area contributed by atoms with Crippen molar-refractivity contribution in [1.82, 2.24) is 0 Å². The molecule has 100 valence electrons. The molecule has 1 heterocycles. The van der Waals surface area contributed by atoms with Crippen molar-refractivity contribution in [2.75, 3.05) is 26.9 Å². The van der Waals surface area contributed by atoms with Crippen LogP contribution in [0.15, 0.2) is 12.1 Å². The second-order valence-electron chi connectivity index (χ2n) is 4.71. The fourth-order valence-corrected chi connectivity index (χ4v) is 2.44. The highest BCUT2D eigenvalue weighted by atomic mass is 16.6. The molecule has 0 bridgehead atoms. The van der Waals surface area contributed by atoms with Crippen molar-refractivity contribution in [2.24, 2.45) is 5.73 Å². The quantitative estimate of drug-likeness (QED) is 0.889. The monoisotopic (exact) mass is 251 g/mol. The van der Waals surface area contributed by atoms with E-state index in [1.54, 1.807) is 7.11 Å². The number of hydrogen-bond donors (Lipinski definition) is 1. The van der Waals surface area contributed by atoms with Crippen molar-refractivity contribution in [3.63, 3.8) is 0 Å². The smallest absolute Gasteiger partial charge is 0.124 e. The van der Waals surface area contributed by atoms with E-state index >= 15 is 0 Å². The predicted octanol–water partition coefficient (Wildman–Crippen LogP) is 1.73. The summed E-state index contributed by atoms with van der Waals surface area (Å²) in [6, 6.07) is 3.90. The molecule has 2 N–H and O–H groups in total. The first-order valence-corrected chi connectivity index (χ1v) is 6.23. The van der Waals surface area contributed by atoms with Crippen LogP contribution in [0.25, 0.3) is 0 Å². The van der Waals surface area contributed by atoms with Crippen molar-refractivity contribution >= 4 is 0 Å². The Balaban J connectivity index is 2.30. The zero-order valence-electron chi connectivity index (χ0n) is 11.2. The van der Waals surface area contributed by atoms with Gasteiger partial charge in [-0.15, -0.1) is 0 Å². The summed E-state index contributed by atoms with van der Waals surface area (Å²) < 4.78 is 16.5. The van der Waals surface area contributed by atoms with Gasteiger partial charge in [0, 0.05) is 5.56 Å². The van der Waals surface area contributed by atoms with Crippen molar-refractivity contribution in [2.45, 2.75) is 26.0 Å². The second-order valence-corrected chi connectivity index (χ2v) is 4.71. The third-order valence-corrected chi connectivity index (χ3v) is 3.29. The molecule has 0 spiro atoms. The van der Waals surface area contributed by atoms with Crippen molar-refractivity contribution in [3.05, 3.63) is 28.8 Å². The van der Waals surface area contributed by atoms with Gasteiger partial charge >= 0.3 is 0 Å². The molecule has 1 aromatic rings. The molecular formula is C14H21NO3. The summed E-state index contributed by atoms with van der Waals surface area (Å²) in [5.41, 5.74) is 9.63. The van der Waals surface area contributed by atoms with E-state index in [2.05, 4.69) is 6.07 Å². The van der Waals surface area contributed by atoms with Crippen LogP contribution in [0.2, 0.25) is 0 Å². The molecule has 2 rings (SSSR count). The fraction of sp³-hybridized carbons (Fsp3) is 0.571. The number of hydrogen-bond acceptors (Lipinski definition) is 4. The number of nitrogens with two attached hydrogens (primary N) is 1. The van der Waals surface area contributed by atoms with Crippen LogP contribution in [-0.4, -0.2) is 33.0 Å². The van der Waals surface area contributed by atoms with Crippen LogP contribution in [0, 0.1) is 13.8 Å². The highest BCUT2D eigenvalue weighted by Crippen LogP contribution is 2.32. The van der Waals surface area contributed by atoms with Gasteiger partial charge < -0.3 is 19.9 Å². The number of methoxy groups -OCH3 is 1. The van der Waals surface area contributed by atoms with Crippen LogP contribution in [-0.2, 0) is 9.47 Å². The van der Waals surface area contributed by atoms with Gasteiger partial charge in [0.1, 0.15) is 11.9 Å². The summed E-state index contributed by atoms with van der Waals surface area (Å²) in [7, 11) is 1.67. The first-order valence-electron chi connectivity index (χ1n) is 6.23. The van der Waals surface area contributed by atoms with Gasteiger partial charge in [0.05, 0.1) is 33.0 Å². The number of ether oxygens (including phenoxy) is 3. The number of aryl methyl sites for hydroxylation is 2. The molecule has 2 atom stereocenters. The van der Waals surface area contributed by atoms with E-state index in [4.69, 9.17) is 19.9 Å². The molecule has 1 saturated heterocycles. The average molecular weight is 251 g/mol.